The second-order valence-electron chi connectivity index (χ2n) is 0.983. The SMILES string of the molecule is NP(=O)(O)OC(=O)SCl. The van der Waals surface area contributed by atoms with Crippen molar-refractivity contribution in [2.24, 2.45) is 5.50 Å². The first-order valence-corrected chi connectivity index (χ1v) is 4.88. The van der Waals surface area contributed by atoms with Crippen LogP contribution in [0.5, 0.6) is 0 Å². The molecule has 0 amide bonds. The fourth-order valence-electron chi connectivity index (χ4n) is 0.121. The Morgan fingerprint density at radius 3 is 2.44 bits per heavy atom. The van der Waals surface area contributed by atoms with Gasteiger partial charge in [0.2, 0.25) is 0 Å². The highest BCUT2D eigenvalue weighted by Gasteiger charge is 2.17. The second kappa shape index (κ2) is 3.43. The third-order valence-electron chi connectivity index (χ3n) is 0.268. The lowest BCUT2D eigenvalue weighted by Crippen LogP contribution is -2.00. The second-order valence-corrected chi connectivity index (χ2v) is 3.24. The van der Waals surface area contributed by atoms with Crippen LogP contribution in [0.2, 0.25) is 0 Å². The molecule has 1 atom stereocenters. The van der Waals surface area contributed by atoms with Gasteiger partial charge in [-0.1, -0.05) is 0 Å². The molecule has 0 aromatic rings. The van der Waals surface area contributed by atoms with Crippen LogP contribution in [0.4, 0.5) is 4.79 Å². The average Bonchev–Trinajstić information content (AvgIpc) is 1.62. The number of rotatable bonds is 1. The summed E-state index contributed by atoms with van der Waals surface area (Å²) in [4.78, 5) is 18.2. The summed E-state index contributed by atoms with van der Waals surface area (Å²) in [6.07, 6.45) is 0. The zero-order valence-electron chi connectivity index (χ0n) is 3.98. The first-order chi connectivity index (χ1) is 3.95. The van der Waals surface area contributed by atoms with Crippen LogP contribution in [0.1, 0.15) is 0 Å². The molecule has 0 aliphatic heterocycles. The number of halogens is 1. The molecule has 3 N–H and O–H groups in total. The predicted octanol–water partition coefficient (Wildman–Crippen LogP) is 1.07. The van der Waals surface area contributed by atoms with Crippen molar-refractivity contribution < 1.29 is 18.8 Å². The number of nitrogens with two attached hydrogens (primary N) is 1. The van der Waals surface area contributed by atoms with Crippen molar-refractivity contribution in [2.45, 2.75) is 0 Å². The molecule has 0 bridgehead atoms. The molecule has 9 heavy (non-hydrogen) atoms. The molecular formula is CH3ClNO4PS. The molecule has 0 saturated carbocycles. The highest BCUT2D eigenvalue weighted by atomic mass is 35.7. The van der Waals surface area contributed by atoms with Crippen molar-refractivity contribution in [3.8, 4) is 0 Å². The Morgan fingerprint density at radius 2 is 2.33 bits per heavy atom. The molecule has 0 heterocycles. The number of hydrogen-bond acceptors (Lipinski definition) is 4. The minimum absolute atomic E-state index is 0.151. The Hall–Kier alpha value is 0.260. The highest BCUT2D eigenvalue weighted by molar-refractivity contribution is 8.32. The quantitative estimate of drug-likeness (QED) is 0.603. The largest absolute Gasteiger partial charge is 0.456 e. The molecule has 0 aromatic carbocycles. The molecule has 0 radical (unpaired) electrons. The van der Waals surface area contributed by atoms with Gasteiger partial charge < -0.3 is 9.42 Å². The van der Waals surface area contributed by atoms with E-state index >= 15 is 0 Å². The Morgan fingerprint density at radius 1 is 1.89 bits per heavy atom. The normalized spacial score (nSPS) is 16.3. The number of carbonyl (C=O) groups is 1. The summed E-state index contributed by atoms with van der Waals surface area (Å²) in [6.45, 7) is 0. The van der Waals surface area contributed by atoms with E-state index in [1.807, 2.05) is 0 Å². The van der Waals surface area contributed by atoms with Gasteiger partial charge in [-0.2, -0.15) is 0 Å². The summed E-state index contributed by atoms with van der Waals surface area (Å²) in [7, 11) is 0.770. The van der Waals surface area contributed by atoms with Crippen molar-refractivity contribution in [2.75, 3.05) is 0 Å². The Kier molecular flexibility index (Phi) is 3.53. The first-order valence-electron chi connectivity index (χ1n) is 1.59. The first kappa shape index (κ1) is 9.26. The number of carbonyl (C=O) groups excluding carboxylic acids is 1. The third-order valence-corrected chi connectivity index (χ3v) is 1.41. The van der Waals surface area contributed by atoms with Crippen molar-refractivity contribution in [3.05, 3.63) is 0 Å². The molecule has 5 nitrogen and oxygen atoms in total. The van der Waals surface area contributed by atoms with E-state index in [-0.39, 0.29) is 11.0 Å². The van der Waals surface area contributed by atoms with Gasteiger partial charge >= 0.3 is 13.0 Å². The van der Waals surface area contributed by atoms with E-state index in [1.165, 1.54) is 0 Å². The van der Waals surface area contributed by atoms with Gasteiger partial charge in [0.15, 0.2) is 0 Å². The molecule has 0 saturated heterocycles. The van der Waals surface area contributed by atoms with Gasteiger partial charge in [-0.25, -0.2) is 14.9 Å². The van der Waals surface area contributed by atoms with Crippen LogP contribution in [0.3, 0.4) is 0 Å². The zero-order chi connectivity index (χ0) is 7.49. The molecule has 0 aromatic heterocycles. The molecule has 0 spiro atoms. The summed E-state index contributed by atoms with van der Waals surface area (Å²) in [5.74, 6) is 0. The summed E-state index contributed by atoms with van der Waals surface area (Å²) in [6, 6.07) is 0. The highest BCUT2D eigenvalue weighted by Crippen LogP contribution is 2.34. The van der Waals surface area contributed by atoms with Gasteiger partial charge in [0.25, 0.3) is 0 Å². The van der Waals surface area contributed by atoms with Gasteiger partial charge in [-0.05, 0) is 10.7 Å². The number of hydrogen-bond donors (Lipinski definition) is 2. The van der Waals surface area contributed by atoms with Gasteiger partial charge in [0.1, 0.15) is 0 Å². The zero-order valence-corrected chi connectivity index (χ0v) is 6.45. The van der Waals surface area contributed by atoms with E-state index in [1.54, 1.807) is 0 Å². The van der Waals surface area contributed by atoms with Crippen LogP contribution >= 0.6 is 29.4 Å². The fourth-order valence-corrected chi connectivity index (χ4v) is 1.02. The maximum Gasteiger partial charge on any atom is 0.456 e. The summed E-state index contributed by atoms with van der Waals surface area (Å²) < 4.78 is 13.7. The minimum Gasteiger partial charge on any atom is -0.371 e. The van der Waals surface area contributed by atoms with Crippen LogP contribution in [0.15, 0.2) is 0 Å². The topological polar surface area (TPSA) is 89.6 Å². The van der Waals surface area contributed by atoms with Crippen molar-refractivity contribution in [3.63, 3.8) is 0 Å². The van der Waals surface area contributed by atoms with E-state index in [9.17, 15) is 9.36 Å². The summed E-state index contributed by atoms with van der Waals surface area (Å²) in [5, 5.41) is -1.09. The van der Waals surface area contributed by atoms with Crippen LogP contribution < -0.4 is 5.50 Å². The van der Waals surface area contributed by atoms with Gasteiger partial charge in [0, 0.05) is 0 Å². The minimum atomic E-state index is -4.19. The van der Waals surface area contributed by atoms with Crippen molar-refractivity contribution >= 4 is 34.7 Å². The lowest BCUT2D eigenvalue weighted by Gasteiger charge is -2.01. The Labute approximate surface area is 59.6 Å². The molecule has 8 heteroatoms. The van der Waals surface area contributed by atoms with Crippen LogP contribution in [-0.2, 0) is 9.09 Å². The van der Waals surface area contributed by atoms with E-state index in [4.69, 9.17) is 15.6 Å². The lowest BCUT2D eigenvalue weighted by atomic mass is 11.6. The van der Waals surface area contributed by atoms with Gasteiger partial charge in [-0.15, -0.1) is 0 Å². The molecule has 0 aliphatic rings. The molecular weight excluding hydrogens is 189 g/mol. The Bertz CT molecular complexity index is 155. The fraction of sp³-hybridized carbons (Fsp3) is 0. The molecule has 0 fully saturated rings. The third kappa shape index (κ3) is 6.14. The Balaban J connectivity index is 3.75. The van der Waals surface area contributed by atoms with Crippen LogP contribution in [0, 0.1) is 0 Å². The lowest BCUT2D eigenvalue weighted by molar-refractivity contribution is 0.220. The standard InChI is InChI=1S/CH3ClNO4PS/c2-9-1(4)7-8(3,5)6/h(H3,3,5,6). The van der Waals surface area contributed by atoms with E-state index in [2.05, 4.69) is 10.0 Å². The maximum atomic E-state index is 10.0. The smallest absolute Gasteiger partial charge is 0.371 e. The molecule has 0 aliphatic carbocycles. The monoisotopic (exact) mass is 191 g/mol. The predicted molar refractivity (Wildman–Crippen MR) is 33.9 cm³/mol. The maximum absolute atomic E-state index is 10.0. The van der Waals surface area contributed by atoms with Gasteiger partial charge in [-0.3, -0.25) is 0 Å². The summed E-state index contributed by atoms with van der Waals surface area (Å²) >= 11 is 0. The van der Waals surface area contributed by atoms with Crippen LogP contribution in [-0.4, -0.2) is 10.2 Å². The molecule has 0 rings (SSSR count). The average molecular weight is 192 g/mol. The van der Waals surface area contributed by atoms with Crippen molar-refractivity contribution in [1.82, 2.24) is 0 Å². The van der Waals surface area contributed by atoms with Crippen molar-refractivity contribution in [1.29, 1.82) is 0 Å². The molecule has 1 unspecified atom stereocenters. The van der Waals surface area contributed by atoms with E-state index in [0.29, 0.717) is 0 Å². The molecule has 54 valence electrons. The van der Waals surface area contributed by atoms with Gasteiger partial charge in [0.05, 0.1) is 11.0 Å². The van der Waals surface area contributed by atoms with E-state index in [0.717, 1.165) is 0 Å². The summed E-state index contributed by atoms with van der Waals surface area (Å²) in [5.41, 5.74) is 4.41. The van der Waals surface area contributed by atoms with Crippen LogP contribution in [0.25, 0.3) is 0 Å². The van der Waals surface area contributed by atoms with E-state index < -0.39 is 13.0 Å².